The zero-order chi connectivity index (χ0) is 23.1. The molecule has 1 amide bonds. The fourth-order valence-corrected chi connectivity index (χ4v) is 3.63. The Morgan fingerprint density at radius 1 is 1.03 bits per heavy atom. The van der Waals surface area contributed by atoms with Crippen LogP contribution >= 0.6 is 0 Å². The normalized spacial score (nSPS) is 17.3. The fourth-order valence-electron chi connectivity index (χ4n) is 3.63. The highest BCUT2D eigenvalue weighted by molar-refractivity contribution is 6.10. The third-order valence-corrected chi connectivity index (χ3v) is 5.08. The van der Waals surface area contributed by atoms with Crippen LogP contribution in [-0.2, 0) is 11.0 Å². The lowest BCUT2D eigenvalue weighted by Gasteiger charge is -2.25. The number of nitrogens with zero attached hydrogens (tertiary/aromatic N) is 1. The molecule has 0 spiro atoms. The molecule has 3 nitrogen and oxygen atoms in total. The second kappa shape index (κ2) is 7.90. The topological polar surface area (TPSA) is 37.4 Å². The molecule has 1 aliphatic heterocycles. The van der Waals surface area contributed by atoms with E-state index in [1.807, 2.05) is 0 Å². The second-order valence-corrected chi connectivity index (χ2v) is 7.65. The SMILES string of the molecule is CC(=O)/C=C1/c2cc(C)ccc2N(C(=O)c2ccc(C)cc2C(F)(F)F)CCC1(F)F. The number of halogens is 5. The lowest BCUT2D eigenvalue weighted by molar-refractivity contribution is -0.138. The van der Waals surface area contributed by atoms with Crippen molar-refractivity contribution in [2.24, 2.45) is 0 Å². The van der Waals surface area contributed by atoms with Crippen LogP contribution in [0.4, 0.5) is 27.6 Å². The van der Waals surface area contributed by atoms with Gasteiger partial charge in [-0.2, -0.15) is 13.2 Å². The van der Waals surface area contributed by atoms with Crippen LogP contribution in [0.5, 0.6) is 0 Å². The van der Waals surface area contributed by atoms with E-state index in [-0.39, 0.29) is 11.3 Å². The summed E-state index contributed by atoms with van der Waals surface area (Å²) in [5.74, 6) is -5.07. The number of hydrogen-bond acceptors (Lipinski definition) is 2. The van der Waals surface area contributed by atoms with Crippen LogP contribution in [0.3, 0.4) is 0 Å². The van der Waals surface area contributed by atoms with Gasteiger partial charge in [0.1, 0.15) is 0 Å². The highest BCUT2D eigenvalue weighted by atomic mass is 19.4. The first-order valence-corrected chi connectivity index (χ1v) is 9.52. The first kappa shape index (κ1) is 22.7. The summed E-state index contributed by atoms with van der Waals surface area (Å²) >= 11 is 0. The molecule has 0 atom stereocenters. The number of amides is 1. The molecule has 0 fully saturated rings. The van der Waals surface area contributed by atoms with Crippen molar-refractivity contribution in [2.75, 3.05) is 11.4 Å². The van der Waals surface area contributed by atoms with Crippen molar-refractivity contribution in [1.29, 1.82) is 0 Å². The quantitative estimate of drug-likeness (QED) is 0.428. The summed E-state index contributed by atoms with van der Waals surface area (Å²) in [6.07, 6.45) is -4.80. The van der Waals surface area contributed by atoms with Crippen molar-refractivity contribution in [2.45, 2.75) is 39.3 Å². The van der Waals surface area contributed by atoms with Gasteiger partial charge in [-0.05, 0) is 51.1 Å². The Bertz CT molecular complexity index is 1090. The predicted octanol–water partition coefficient (Wildman–Crippen LogP) is 5.98. The van der Waals surface area contributed by atoms with Crippen LogP contribution in [0.15, 0.2) is 42.5 Å². The number of fused-ring (bicyclic) bond motifs is 1. The van der Waals surface area contributed by atoms with Crippen molar-refractivity contribution >= 4 is 23.0 Å². The molecule has 1 heterocycles. The molecular weight excluding hydrogens is 417 g/mol. The number of aryl methyl sites for hydroxylation is 2. The molecule has 0 aliphatic carbocycles. The van der Waals surface area contributed by atoms with Crippen LogP contribution in [0, 0.1) is 13.8 Å². The maximum atomic E-state index is 14.9. The van der Waals surface area contributed by atoms with Gasteiger partial charge in [0.15, 0.2) is 5.78 Å². The molecule has 3 rings (SSSR count). The van der Waals surface area contributed by atoms with Gasteiger partial charge >= 0.3 is 6.18 Å². The molecule has 31 heavy (non-hydrogen) atoms. The van der Waals surface area contributed by atoms with Gasteiger partial charge in [-0.25, -0.2) is 8.78 Å². The zero-order valence-corrected chi connectivity index (χ0v) is 17.1. The molecule has 0 saturated carbocycles. The van der Waals surface area contributed by atoms with E-state index in [2.05, 4.69) is 0 Å². The number of carbonyl (C=O) groups is 2. The first-order chi connectivity index (χ1) is 14.3. The summed E-state index contributed by atoms with van der Waals surface area (Å²) in [5, 5.41) is 0. The number of alkyl halides is 5. The Kier molecular flexibility index (Phi) is 5.78. The van der Waals surface area contributed by atoms with Crippen LogP contribution in [0.1, 0.15) is 46.0 Å². The molecule has 1 aliphatic rings. The molecule has 0 unspecified atom stereocenters. The van der Waals surface area contributed by atoms with Crippen molar-refractivity contribution < 1.29 is 31.5 Å². The van der Waals surface area contributed by atoms with Gasteiger partial charge in [0, 0.05) is 24.1 Å². The van der Waals surface area contributed by atoms with Gasteiger partial charge in [-0.15, -0.1) is 0 Å². The minimum absolute atomic E-state index is 0.0361. The number of allylic oxidation sites excluding steroid dienone is 2. The Balaban J connectivity index is 2.22. The highest BCUT2D eigenvalue weighted by Gasteiger charge is 2.43. The summed E-state index contributed by atoms with van der Waals surface area (Å²) < 4.78 is 70.6. The van der Waals surface area contributed by atoms with E-state index in [0.717, 1.165) is 30.0 Å². The van der Waals surface area contributed by atoms with Crippen LogP contribution in [-0.4, -0.2) is 24.2 Å². The Hall–Kier alpha value is -3.03. The van der Waals surface area contributed by atoms with E-state index in [1.165, 1.54) is 25.1 Å². The number of hydrogen-bond donors (Lipinski definition) is 0. The van der Waals surface area contributed by atoms with Gasteiger partial charge in [-0.1, -0.05) is 23.3 Å². The largest absolute Gasteiger partial charge is 0.417 e. The van der Waals surface area contributed by atoms with E-state index >= 15 is 0 Å². The standard InChI is InChI=1S/C23H20F5NO2/c1-13-5-7-20-17(10-13)18(12-15(3)30)22(24,25)8-9-29(20)21(31)16-6-4-14(2)11-19(16)23(26,27)28/h4-7,10-12H,8-9H2,1-3H3/b18-12-. The van der Waals surface area contributed by atoms with Crippen molar-refractivity contribution in [3.05, 3.63) is 70.3 Å². The predicted molar refractivity (Wildman–Crippen MR) is 107 cm³/mol. The summed E-state index contributed by atoms with van der Waals surface area (Å²) in [5.41, 5.74) is -1.39. The maximum Gasteiger partial charge on any atom is 0.417 e. The maximum absolute atomic E-state index is 14.9. The average molecular weight is 437 g/mol. The van der Waals surface area contributed by atoms with E-state index in [1.54, 1.807) is 13.0 Å². The monoisotopic (exact) mass is 437 g/mol. The molecule has 2 aromatic carbocycles. The van der Waals surface area contributed by atoms with Crippen LogP contribution in [0.25, 0.3) is 5.57 Å². The first-order valence-electron chi connectivity index (χ1n) is 9.52. The summed E-state index contributed by atoms with van der Waals surface area (Å²) in [4.78, 5) is 25.8. The Labute approximate surface area is 176 Å². The third-order valence-electron chi connectivity index (χ3n) is 5.08. The summed E-state index contributed by atoms with van der Waals surface area (Å²) in [6.45, 7) is 3.74. The molecule has 164 valence electrons. The molecule has 0 radical (unpaired) electrons. The number of anilines is 1. The van der Waals surface area contributed by atoms with Crippen molar-refractivity contribution in [1.82, 2.24) is 0 Å². The van der Waals surface area contributed by atoms with Crippen molar-refractivity contribution in [3.63, 3.8) is 0 Å². The number of rotatable bonds is 2. The molecule has 2 aromatic rings. The van der Waals surface area contributed by atoms with E-state index in [9.17, 15) is 31.5 Å². The molecule has 0 N–H and O–H groups in total. The van der Waals surface area contributed by atoms with E-state index < -0.39 is 53.5 Å². The average Bonchev–Trinajstić information content (AvgIpc) is 2.75. The van der Waals surface area contributed by atoms with E-state index in [0.29, 0.717) is 11.1 Å². The molecule has 0 aromatic heterocycles. The minimum atomic E-state index is -4.79. The van der Waals surface area contributed by atoms with Crippen LogP contribution in [0.2, 0.25) is 0 Å². The van der Waals surface area contributed by atoms with Gasteiger partial charge < -0.3 is 4.90 Å². The van der Waals surface area contributed by atoms with E-state index in [4.69, 9.17) is 0 Å². The molecule has 0 saturated heterocycles. The molecule has 0 bridgehead atoms. The van der Waals surface area contributed by atoms with Crippen molar-refractivity contribution in [3.8, 4) is 0 Å². The Morgan fingerprint density at radius 2 is 1.65 bits per heavy atom. The third kappa shape index (κ3) is 4.52. The minimum Gasteiger partial charge on any atom is -0.307 e. The smallest absolute Gasteiger partial charge is 0.307 e. The Morgan fingerprint density at radius 3 is 2.26 bits per heavy atom. The molecule has 8 heteroatoms. The fraction of sp³-hybridized carbons (Fsp3) is 0.304. The van der Waals surface area contributed by atoms with Gasteiger partial charge in [-0.3, -0.25) is 9.59 Å². The molecular formula is C23H20F5NO2. The summed E-state index contributed by atoms with van der Waals surface area (Å²) in [7, 11) is 0. The van der Waals surface area contributed by atoms with Gasteiger partial charge in [0.05, 0.1) is 16.8 Å². The van der Waals surface area contributed by atoms with Gasteiger partial charge in [0.25, 0.3) is 11.8 Å². The van der Waals surface area contributed by atoms with Crippen LogP contribution < -0.4 is 4.90 Å². The number of benzene rings is 2. The second-order valence-electron chi connectivity index (χ2n) is 7.65. The number of ketones is 1. The lowest BCUT2D eigenvalue weighted by Crippen LogP contribution is -2.34. The highest BCUT2D eigenvalue weighted by Crippen LogP contribution is 2.44. The lowest BCUT2D eigenvalue weighted by atomic mass is 9.95. The summed E-state index contributed by atoms with van der Waals surface area (Å²) in [6, 6.07) is 7.68. The number of carbonyl (C=O) groups excluding carboxylic acids is 2. The zero-order valence-electron chi connectivity index (χ0n) is 17.1. The van der Waals surface area contributed by atoms with Gasteiger partial charge in [0.2, 0.25) is 0 Å².